The summed E-state index contributed by atoms with van der Waals surface area (Å²) in [6.07, 6.45) is -6.16. The number of hydrogen-bond donors (Lipinski definition) is 0. The number of para-hydroxylation sites is 1. The van der Waals surface area contributed by atoms with Crippen LogP contribution in [-0.2, 0) is 49.3 Å². The highest BCUT2D eigenvalue weighted by Crippen LogP contribution is 2.34. The van der Waals surface area contributed by atoms with E-state index in [4.69, 9.17) is 33.5 Å². The molecule has 3 aromatic rings. The molecule has 0 aliphatic carbocycles. The van der Waals surface area contributed by atoms with E-state index < -0.39 is 54.6 Å². The van der Waals surface area contributed by atoms with Crippen LogP contribution in [0, 0.1) is 13.8 Å². The van der Waals surface area contributed by atoms with Gasteiger partial charge in [0.25, 0.3) is 0 Å². The van der Waals surface area contributed by atoms with Crippen molar-refractivity contribution in [1.82, 2.24) is 9.78 Å². The van der Waals surface area contributed by atoms with Crippen LogP contribution in [0.4, 0.5) is 0 Å². The van der Waals surface area contributed by atoms with E-state index in [9.17, 15) is 19.2 Å². The quantitative estimate of drug-likeness (QED) is 0.246. The van der Waals surface area contributed by atoms with Gasteiger partial charge in [0.05, 0.1) is 5.69 Å². The van der Waals surface area contributed by atoms with E-state index in [-0.39, 0.29) is 12.5 Å². The average Bonchev–Trinajstić information content (AvgIpc) is 3.26. The molecule has 234 valence electrons. The van der Waals surface area contributed by atoms with Gasteiger partial charge >= 0.3 is 23.9 Å². The number of esters is 4. The van der Waals surface area contributed by atoms with Crippen molar-refractivity contribution in [3.63, 3.8) is 0 Å². The normalized spacial score (nSPS) is 21.2. The number of rotatable bonds is 10. The van der Waals surface area contributed by atoms with Crippen molar-refractivity contribution in [3.8, 4) is 11.6 Å². The Morgan fingerprint density at radius 2 is 1.36 bits per heavy atom. The minimum absolute atomic E-state index is 0.174. The summed E-state index contributed by atoms with van der Waals surface area (Å²) in [5.74, 6) is -2.62. The zero-order valence-corrected chi connectivity index (χ0v) is 25.5. The highest BCUT2D eigenvalue weighted by atomic mass is 16.7. The lowest BCUT2D eigenvalue weighted by atomic mass is 9.98. The van der Waals surface area contributed by atoms with E-state index in [0.717, 1.165) is 41.9 Å². The number of nitrogens with zero attached hydrogens (tertiary/aromatic N) is 2. The van der Waals surface area contributed by atoms with Crippen LogP contribution >= 0.6 is 0 Å². The van der Waals surface area contributed by atoms with Crippen molar-refractivity contribution < 1.29 is 47.6 Å². The second-order valence-corrected chi connectivity index (χ2v) is 10.5. The summed E-state index contributed by atoms with van der Waals surface area (Å²) in [4.78, 5) is 48.2. The van der Waals surface area contributed by atoms with Crippen LogP contribution in [0.3, 0.4) is 0 Å². The summed E-state index contributed by atoms with van der Waals surface area (Å²) in [6, 6.07) is 17.5. The molecule has 0 N–H and O–H groups in total. The summed E-state index contributed by atoms with van der Waals surface area (Å²) in [6.45, 7) is 8.24. The monoisotopic (exact) mass is 608 g/mol. The van der Waals surface area contributed by atoms with Gasteiger partial charge in [-0.15, -0.1) is 5.10 Å². The molecule has 1 saturated heterocycles. The molecule has 1 unspecified atom stereocenters. The summed E-state index contributed by atoms with van der Waals surface area (Å²) < 4.78 is 36.0. The van der Waals surface area contributed by atoms with Crippen molar-refractivity contribution in [2.45, 2.75) is 78.7 Å². The molecule has 2 heterocycles. The third-order valence-corrected chi connectivity index (χ3v) is 6.88. The van der Waals surface area contributed by atoms with Gasteiger partial charge in [-0.2, -0.15) is 0 Å². The van der Waals surface area contributed by atoms with Crippen molar-refractivity contribution in [3.05, 3.63) is 77.0 Å². The zero-order chi connectivity index (χ0) is 32.0. The van der Waals surface area contributed by atoms with Crippen LogP contribution in [-0.4, -0.2) is 71.0 Å². The smallest absolute Gasteiger partial charge is 0.303 e. The molecule has 4 rings (SSSR count). The third kappa shape index (κ3) is 8.01. The number of aryl methyl sites for hydroxylation is 1. The predicted molar refractivity (Wildman–Crippen MR) is 155 cm³/mol. The Hall–Kier alpha value is -4.71. The van der Waals surface area contributed by atoms with E-state index in [1.54, 1.807) is 4.68 Å². The molecule has 1 aliphatic rings. The minimum atomic E-state index is -1.41. The molecule has 0 radical (unpaired) electrons. The van der Waals surface area contributed by atoms with Gasteiger partial charge in [-0.05, 0) is 31.5 Å². The van der Waals surface area contributed by atoms with Gasteiger partial charge in [0.1, 0.15) is 12.7 Å². The Balaban J connectivity index is 1.80. The maximum absolute atomic E-state index is 12.3. The van der Waals surface area contributed by atoms with E-state index >= 15 is 0 Å². The average molecular weight is 609 g/mol. The fourth-order valence-electron chi connectivity index (χ4n) is 4.93. The Bertz CT molecular complexity index is 1480. The van der Waals surface area contributed by atoms with Gasteiger partial charge in [0.15, 0.2) is 12.2 Å². The van der Waals surface area contributed by atoms with Gasteiger partial charge in [0.2, 0.25) is 18.3 Å². The van der Waals surface area contributed by atoms with Crippen LogP contribution in [0.2, 0.25) is 0 Å². The molecular formula is C32H36N2O10. The van der Waals surface area contributed by atoms with Gasteiger partial charge < -0.3 is 28.4 Å². The molecule has 5 atom stereocenters. The maximum Gasteiger partial charge on any atom is 0.303 e. The molecule has 1 aliphatic heterocycles. The Morgan fingerprint density at radius 1 is 0.773 bits per heavy atom. The first kappa shape index (κ1) is 32.2. The molecule has 12 nitrogen and oxygen atoms in total. The van der Waals surface area contributed by atoms with Crippen LogP contribution in [0.1, 0.15) is 50.1 Å². The fourth-order valence-corrected chi connectivity index (χ4v) is 4.93. The fraction of sp³-hybridized carbons (Fsp3) is 0.406. The third-order valence-electron chi connectivity index (χ3n) is 6.88. The first-order valence-electron chi connectivity index (χ1n) is 14.1. The number of aromatic nitrogens is 2. The van der Waals surface area contributed by atoms with E-state index in [1.165, 1.54) is 13.8 Å². The predicted octanol–water partition coefficient (Wildman–Crippen LogP) is 3.54. The van der Waals surface area contributed by atoms with Gasteiger partial charge in [0, 0.05) is 45.4 Å². The number of benzene rings is 2. The van der Waals surface area contributed by atoms with Gasteiger partial charge in [-0.25, -0.2) is 4.68 Å². The zero-order valence-electron chi connectivity index (χ0n) is 25.5. The lowest BCUT2D eigenvalue weighted by Crippen LogP contribution is -2.63. The topological polar surface area (TPSA) is 141 Å². The summed E-state index contributed by atoms with van der Waals surface area (Å²) >= 11 is 0. The molecule has 0 amide bonds. The Kier molecular flexibility index (Phi) is 10.4. The molecule has 1 fully saturated rings. The number of carbonyl (C=O) groups is 4. The second-order valence-electron chi connectivity index (χ2n) is 10.5. The van der Waals surface area contributed by atoms with Crippen LogP contribution in [0.5, 0.6) is 5.88 Å². The molecule has 12 heteroatoms. The molecule has 44 heavy (non-hydrogen) atoms. The van der Waals surface area contributed by atoms with Crippen LogP contribution in [0.15, 0.2) is 54.6 Å². The number of ether oxygens (including phenoxy) is 6. The van der Waals surface area contributed by atoms with Crippen molar-refractivity contribution >= 4 is 23.9 Å². The van der Waals surface area contributed by atoms with Crippen LogP contribution in [0.25, 0.3) is 5.69 Å². The molecule has 2 aromatic carbocycles. The Morgan fingerprint density at radius 3 is 1.95 bits per heavy atom. The number of carbonyl (C=O) groups excluding carboxylic acids is 4. The first-order chi connectivity index (χ1) is 20.9. The largest absolute Gasteiger partial charge is 0.463 e. The standard InChI is InChI=1S/C32H36N2O10/c1-18-12-14-24(15-13-18)16-26-19(2)34(25-10-8-7-9-11-25)33-31(26)44-32-30(42-23(6)38)29(41-22(5)37)28(40-21(4)36)27(43-32)17-39-20(3)35/h7-15,27-30,32H,16-17H2,1-6H3/t27-,28-,29+,30-,32?/m1/s1. The van der Waals surface area contributed by atoms with Crippen LogP contribution < -0.4 is 4.74 Å². The molecular weight excluding hydrogens is 572 g/mol. The Labute approximate surface area is 255 Å². The van der Waals surface area contributed by atoms with E-state index in [2.05, 4.69) is 0 Å². The van der Waals surface area contributed by atoms with Gasteiger partial charge in [-0.1, -0.05) is 48.0 Å². The first-order valence-corrected chi connectivity index (χ1v) is 14.1. The molecule has 0 spiro atoms. The summed E-state index contributed by atoms with van der Waals surface area (Å²) in [5, 5.41) is 4.75. The van der Waals surface area contributed by atoms with E-state index in [0.29, 0.717) is 6.42 Å². The maximum atomic E-state index is 12.3. The highest BCUT2D eigenvalue weighted by Gasteiger charge is 2.53. The molecule has 0 bridgehead atoms. The van der Waals surface area contributed by atoms with Crippen molar-refractivity contribution in [1.29, 1.82) is 0 Å². The van der Waals surface area contributed by atoms with Gasteiger partial charge in [-0.3, -0.25) is 19.2 Å². The second kappa shape index (κ2) is 14.2. The lowest BCUT2D eigenvalue weighted by Gasteiger charge is -2.43. The lowest BCUT2D eigenvalue weighted by molar-refractivity contribution is -0.289. The van der Waals surface area contributed by atoms with Crippen molar-refractivity contribution in [2.24, 2.45) is 0 Å². The SMILES string of the molecule is CC(=O)OC[C@H]1OC(Oc2nn(-c3ccccc3)c(C)c2Cc2ccc(C)cc2)[C@H](OC(C)=O)[C@@H](OC(C)=O)[C@@H]1OC(C)=O. The highest BCUT2D eigenvalue weighted by molar-refractivity contribution is 5.68. The summed E-state index contributed by atoms with van der Waals surface area (Å²) in [7, 11) is 0. The van der Waals surface area contributed by atoms with E-state index in [1.807, 2.05) is 68.4 Å². The summed E-state index contributed by atoms with van der Waals surface area (Å²) in [5.41, 5.74) is 4.41. The molecule has 1 aromatic heterocycles. The molecule has 0 saturated carbocycles. The minimum Gasteiger partial charge on any atom is -0.463 e. The van der Waals surface area contributed by atoms with Crippen molar-refractivity contribution in [2.75, 3.05) is 6.61 Å². The number of hydrogen-bond acceptors (Lipinski definition) is 11.